The van der Waals surface area contributed by atoms with Crippen molar-refractivity contribution in [1.29, 1.82) is 0 Å². The Kier molecular flexibility index (Phi) is 6.36. The molecule has 2 unspecified atom stereocenters. The van der Waals surface area contributed by atoms with E-state index in [1.165, 1.54) is 35.7 Å². The topological polar surface area (TPSA) is 114 Å². The second-order valence-corrected chi connectivity index (χ2v) is 8.90. The summed E-state index contributed by atoms with van der Waals surface area (Å²) in [6, 6.07) is 5.08. The summed E-state index contributed by atoms with van der Waals surface area (Å²) >= 11 is 0.999. The average molecular weight is 449 g/mol. The van der Waals surface area contributed by atoms with Crippen LogP contribution in [0.5, 0.6) is 0 Å². The van der Waals surface area contributed by atoms with Gasteiger partial charge in [0.25, 0.3) is 0 Å². The van der Waals surface area contributed by atoms with E-state index in [-0.39, 0.29) is 22.3 Å². The fourth-order valence-electron chi connectivity index (χ4n) is 2.61. The number of aromatic nitrogens is 1. The Hall–Kier alpha value is -2.82. The number of carbonyl (C=O) groups is 2. The first kappa shape index (κ1) is 20.5. The van der Waals surface area contributed by atoms with Gasteiger partial charge in [0.2, 0.25) is 15.9 Å². The molecule has 0 bridgehead atoms. The second kappa shape index (κ2) is 9.33. The number of hydrogen-bond acceptors (Lipinski definition) is 7. The highest BCUT2D eigenvalue weighted by Crippen LogP contribution is 2.21. The molecule has 0 radical (unpaired) electrons. The van der Waals surface area contributed by atoms with Gasteiger partial charge in [0.15, 0.2) is 10.8 Å². The molecule has 3 rings (SSSR count). The van der Waals surface area contributed by atoms with Crippen LogP contribution in [-0.2, 0) is 19.6 Å². The van der Waals surface area contributed by atoms with Crippen LogP contribution in [0.25, 0.3) is 0 Å². The van der Waals surface area contributed by atoms with E-state index in [4.69, 9.17) is 6.11 Å². The van der Waals surface area contributed by atoms with Crippen LogP contribution in [0, 0.1) is 12.8 Å². The Bertz CT molecular complexity index is 1140. The van der Waals surface area contributed by atoms with Gasteiger partial charge >= 0.3 is 5.97 Å². The summed E-state index contributed by atoms with van der Waals surface area (Å²) < 4.78 is 41.5. The van der Waals surface area contributed by atoms with Gasteiger partial charge in [-0.3, -0.25) is 4.79 Å². The number of esters is 1. The molecule has 2 aromatic rings. The van der Waals surface area contributed by atoms with Crippen molar-refractivity contribution in [3.8, 4) is 0 Å². The lowest BCUT2D eigenvalue weighted by Crippen LogP contribution is -2.43. The first-order chi connectivity index (χ1) is 14.7. The fourth-order valence-corrected chi connectivity index (χ4v) is 4.46. The molecule has 1 aliphatic rings. The van der Waals surface area contributed by atoms with E-state index in [0.717, 1.165) is 16.9 Å². The number of thiazole rings is 1. The Balaban J connectivity index is 1.79. The highest BCUT2D eigenvalue weighted by Gasteiger charge is 2.30. The van der Waals surface area contributed by atoms with Gasteiger partial charge in [-0.15, -0.1) is 11.3 Å². The highest BCUT2D eigenvalue weighted by atomic mass is 32.2. The van der Waals surface area contributed by atoms with E-state index < -0.39 is 33.8 Å². The molecule has 158 valence electrons. The normalized spacial score (nSPS) is 21.1. The average Bonchev–Trinajstić information content (AvgIpc) is 3.19. The fraction of sp³-hybridized carbons (Fsp3) is 0.250. The van der Waals surface area contributed by atoms with E-state index >= 15 is 0 Å². The lowest BCUT2D eigenvalue weighted by molar-refractivity contribution is -0.118. The molecule has 10 heteroatoms. The van der Waals surface area contributed by atoms with Crippen LogP contribution in [0.2, 0.25) is 0 Å². The maximum absolute atomic E-state index is 12.9. The standard InChI is InChI=1S/C20H21N3O5S2/c1-3-28-19(25)17-12-29-20(21-17)22-18(24)15-6-4-5-7-16(15)23-30(26,27)14-10-8-13(2)9-11-14/h4-12,15-16,23H,3H2,1-2H3,(H,21,22,24)/i15D. The van der Waals surface area contributed by atoms with Crippen molar-refractivity contribution < 1.29 is 24.1 Å². The maximum Gasteiger partial charge on any atom is 0.357 e. The molecule has 2 atom stereocenters. The smallest absolute Gasteiger partial charge is 0.357 e. The predicted octanol–water partition coefficient (Wildman–Crippen LogP) is 2.66. The van der Waals surface area contributed by atoms with Crippen molar-refractivity contribution in [2.24, 2.45) is 5.89 Å². The zero-order chi connectivity index (χ0) is 22.6. The van der Waals surface area contributed by atoms with Crippen LogP contribution in [-0.4, -0.2) is 37.9 Å². The summed E-state index contributed by atoms with van der Waals surface area (Å²) in [7, 11) is -3.98. The van der Waals surface area contributed by atoms with Crippen molar-refractivity contribution in [2.45, 2.75) is 24.8 Å². The van der Waals surface area contributed by atoms with Crippen molar-refractivity contribution in [3.63, 3.8) is 0 Å². The monoisotopic (exact) mass is 448 g/mol. The van der Waals surface area contributed by atoms with Gasteiger partial charge in [0.1, 0.15) is 0 Å². The Labute approximate surface area is 180 Å². The summed E-state index contributed by atoms with van der Waals surface area (Å²) in [4.78, 5) is 28.7. The number of nitrogens with zero attached hydrogens (tertiary/aromatic N) is 1. The number of aryl methyl sites for hydroxylation is 1. The maximum atomic E-state index is 12.9. The molecule has 1 amide bonds. The second-order valence-electron chi connectivity index (χ2n) is 6.32. The van der Waals surface area contributed by atoms with Crippen molar-refractivity contribution in [3.05, 3.63) is 65.2 Å². The molecule has 0 saturated heterocycles. The summed E-state index contributed by atoms with van der Waals surface area (Å²) in [6.07, 6.45) is 5.79. The molecular formula is C20H21N3O5S2. The molecule has 30 heavy (non-hydrogen) atoms. The van der Waals surface area contributed by atoms with Gasteiger partial charge in [-0.1, -0.05) is 42.0 Å². The third-order valence-electron chi connectivity index (χ3n) is 4.11. The van der Waals surface area contributed by atoms with Gasteiger partial charge in [0.05, 0.1) is 23.4 Å². The SMILES string of the molecule is [2H]C1(C(=O)Nc2nc(C(=O)OCC)cs2)C=CC=CC1NS(=O)(=O)c1ccc(C)cc1. The number of hydrogen-bond donors (Lipinski definition) is 2. The zero-order valence-electron chi connectivity index (χ0n) is 17.3. The van der Waals surface area contributed by atoms with E-state index in [0.29, 0.717) is 0 Å². The van der Waals surface area contributed by atoms with Crippen LogP contribution in [0.4, 0.5) is 5.13 Å². The molecule has 0 aliphatic heterocycles. The van der Waals surface area contributed by atoms with Crippen molar-refractivity contribution in [2.75, 3.05) is 11.9 Å². The van der Waals surface area contributed by atoms with Crippen molar-refractivity contribution >= 4 is 38.4 Å². The summed E-state index contributed by atoms with van der Waals surface area (Å²) in [5.41, 5.74) is 0.941. The van der Waals surface area contributed by atoms with Gasteiger partial charge in [-0.05, 0) is 26.0 Å². The van der Waals surface area contributed by atoms with Crippen LogP contribution in [0.1, 0.15) is 24.3 Å². The van der Waals surface area contributed by atoms with Crippen LogP contribution in [0.3, 0.4) is 0 Å². The number of ether oxygens (including phenoxy) is 1. The summed E-state index contributed by atoms with van der Waals surface area (Å²) in [5.74, 6) is -3.39. The quantitative estimate of drug-likeness (QED) is 0.630. The van der Waals surface area contributed by atoms with Crippen molar-refractivity contribution in [1.82, 2.24) is 9.71 Å². The van der Waals surface area contributed by atoms with Gasteiger partial charge in [0, 0.05) is 6.75 Å². The van der Waals surface area contributed by atoms with Gasteiger partial charge < -0.3 is 10.1 Å². The van der Waals surface area contributed by atoms with E-state index in [9.17, 15) is 18.0 Å². The molecule has 1 aromatic heterocycles. The lowest BCUT2D eigenvalue weighted by Gasteiger charge is -2.24. The van der Waals surface area contributed by atoms with E-state index in [1.54, 1.807) is 25.1 Å². The number of anilines is 1. The predicted molar refractivity (Wildman–Crippen MR) is 114 cm³/mol. The highest BCUT2D eigenvalue weighted by molar-refractivity contribution is 7.89. The minimum Gasteiger partial charge on any atom is -0.461 e. The number of sulfonamides is 1. The first-order valence-electron chi connectivity index (χ1n) is 9.55. The number of benzene rings is 1. The van der Waals surface area contributed by atoms with E-state index in [2.05, 4.69) is 15.0 Å². The lowest BCUT2D eigenvalue weighted by atomic mass is 9.95. The first-order valence-corrected chi connectivity index (χ1v) is 11.4. The molecule has 0 spiro atoms. The molecule has 1 heterocycles. The van der Waals surface area contributed by atoms with Crippen LogP contribution in [0.15, 0.2) is 58.8 Å². The molecule has 1 aliphatic carbocycles. The van der Waals surface area contributed by atoms with Crippen LogP contribution < -0.4 is 10.0 Å². The summed E-state index contributed by atoms with van der Waals surface area (Å²) in [6.45, 7) is 3.69. The third-order valence-corrected chi connectivity index (χ3v) is 6.33. The van der Waals surface area contributed by atoms with E-state index in [1.807, 2.05) is 6.92 Å². The molecular weight excluding hydrogens is 426 g/mol. The Morgan fingerprint density at radius 1 is 1.23 bits per heavy atom. The Morgan fingerprint density at radius 3 is 2.63 bits per heavy atom. The molecule has 0 fully saturated rings. The minimum absolute atomic E-state index is 0.0304. The summed E-state index contributed by atoms with van der Waals surface area (Å²) in [5, 5.41) is 4.01. The number of carbonyl (C=O) groups excluding carboxylic acids is 2. The minimum atomic E-state index is -3.98. The Morgan fingerprint density at radius 2 is 1.93 bits per heavy atom. The van der Waals surface area contributed by atoms with Gasteiger partial charge in [-0.2, -0.15) is 0 Å². The third kappa shape index (κ3) is 5.21. The van der Waals surface area contributed by atoms with Gasteiger partial charge in [-0.25, -0.2) is 22.9 Å². The van der Waals surface area contributed by atoms with Crippen LogP contribution >= 0.6 is 11.3 Å². The largest absolute Gasteiger partial charge is 0.461 e. The number of nitrogens with one attached hydrogen (secondary N) is 2. The molecule has 1 aromatic carbocycles. The molecule has 8 nitrogen and oxygen atoms in total. The zero-order valence-corrected chi connectivity index (χ0v) is 17.9. The number of amides is 1. The number of allylic oxidation sites excluding steroid dienone is 2. The number of rotatable bonds is 7. The molecule has 0 saturated carbocycles. The molecule has 2 N–H and O–H groups in total.